The number of piperazine rings is 1. The van der Waals surface area contributed by atoms with Crippen molar-refractivity contribution in [3.8, 4) is 0 Å². The van der Waals surface area contributed by atoms with Crippen LogP contribution in [0.5, 0.6) is 0 Å². The maximum absolute atomic E-state index is 13.5. The molecule has 0 amide bonds. The number of nitrogens with zero attached hydrogens (tertiary/aromatic N) is 4. The predicted molar refractivity (Wildman–Crippen MR) is 85.4 cm³/mol. The molecule has 1 fully saturated rings. The molecule has 1 aliphatic rings. The van der Waals surface area contributed by atoms with E-state index in [1.54, 1.807) is 12.4 Å². The molecule has 0 unspecified atom stereocenters. The van der Waals surface area contributed by atoms with E-state index in [4.69, 9.17) is 0 Å². The summed E-state index contributed by atoms with van der Waals surface area (Å²) in [7, 11) is 2.10. The van der Waals surface area contributed by atoms with Gasteiger partial charge in [0.15, 0.2) is 0 Å². The predicted octanol–water partition coefficient (Wildman–Crippen LogP) is 2.12. The van der Waals surface area contributed by atoms with E-state index in [0.717, 1.165) is 43.8 Å². The van der Waals surface area contributed by atoms with Gasteiger partial charge in [0.2, 0.25) is 5.95 Å². The SMILES string of the molecule is CN1CCN(c2ncc(CNc3ccc(F)cc3F)cn2)CC1. The molecule has 23 heavy (non-hydrogen) atoms. The Morgan fingerprint density at radius 3 is 2.43 bits per heavy atom. The highest BCUT2D eigenvalue weighted by Gasteiger charge is 2.16. The molecule has 1 aromatic heterocycles. The van der Waals surface area contributed by atoms with Crippen LogP contribution in [0.4, 0.5) is 20.4 Å². The van der Waals surface area contributed by atoms with Crippen LogP contribution in [-0.4, -0.2) is 48.1 Å². The number of hydrogen-bond acceptors (Lipinski definition) is 5. The Labute approximate surface area is 134 Å². The van der Waals surface area contributed by atoms with Crippen molar-refractivity contribution in [1.29, 1.82) is 0 Å². The average molecular weight is 319 g/mol. The molecule has 7 heteroatoms. The molecule has 0 bridgehead atoms. The molecule has 0 radical (unpaired) electrons. The van der Waals surface area contributed by atoms with Crippen molar-refractivity contribution < 1.29 is 8.78 Å². The second-order valence-corrected chi connectivity index (χ2v) is 5.66. The second kappa shape index (κ2) is 6.87. The highest BCUT2D eigenvalue weighted by atomic mass is 19.1. The Morgan fingerprint density at radius 1 is 1.09 bits per heavy atom. The first-order chi connectivity index (χ1) is 11.1. The quantitative estimate of drug-likeness (QED) is 0.935. The van der Waals surface area contributed by atoms with Gasteiger partial charge in [-0.1, -0.05) is 0 Å². The molecule has 1 aromatic carbocycles. The lowest BCUT2D eigenvalue weighted by molar-refractivity contribution is 0.311. The summed E-state index contributed by atoms with van der Waals surface area (Å²) in [6.07, 6.45) is 3.46. The van der Waals surface area contributed by atoms with Gasteiger partial charge in [0, 0.05) is 56.7 Å². The van der Waals surface area contributed by atoms with Crippen molar-refractivity contribution in [2.24, 2.45) is 0 Å². The average Bonchev–Trinajstić information content (AvgIpc) is 2.55. The van der Waals surface area contributed by atoms with E-state index in [-0.39, 0.29) is 5.69 Å². The number of nitrogens with one attached hydrogen (secondary N) is 1. The minimum Gasteiger partial charge on any atom is -0.378 e. The van der Waals surface area contributed by atoms with E-state index in [1.165, 1.54) is 12.1 Å². The Bertz CT molecular complexity index is 654. The van der Waals surface area contributed by atoms with Gasteiger partial charge in [-0.15, -0.1) is 0 Å². The molecule has 1 saturated heterocycles. The smallest absolute Gasteiger partial charge is 0.225 e. The third-order valence-corrected chi connectivity index (χ3v) is 3.89. The van der Waals surface area contributed by atoms with Crippen LogP contribution in [0.3, 0.4) is 0 Å². The van der Waals surface area contributed by atoms with Crippen LogP contribution in [0.25, 0.3) is 0 Å². The molecular formula is C16H19F2N5. The zero-order valence-corrected chi connectivity index (χ0v) is 13.0. The first kappa shape index (κ1) is 15.6. The van der Waals surface area contributed by atoms with Crippen molar-refractivity contribution in [2.45, 2.75) is 6.54 Å². The van der Waals surface area contributed by atoms with Crippen LogP contribution in [0.15, 0.2) is 30.6 Å². The van der Waals surface area contributed by atoms with Gasteiger partial charge < -0.3 is 15.1 Å². The summed E-state index contributed by atoms with van der Waals surface area (Å²) >= 11 is 0. The summed E-state index contributed by atoms with van der Waals surface area (Å²) in [5.41, 5.74) is 1.10. The number of halogens is 2. The van der Waals surface area contributed by atoms with Gasteiger partial charge in [-0.3, -0.25) is 0 Å². The summed E-state index contributed by atoms with van der Waals surface area (Å²) in [5, 5.41) is 2.92. The molecule has 2 aromatic rings. The summed E-state index contributed by atoms with van der Waals surface area (Å²) in [6, 6.07) is 3.46. The maximum Gasteiger partial charge on any atom is 0.225 e. The lowest BCUT2D eigenvalue weighted by Gasteiger charge is -2.32. The monoisotopic (exact) mass is 319 g/mol. The fraction of sp³-hybridized carbons (Fsp3) is 0.375. The van der Waals surface area contributed by atoms with Gasteiger partial charge in [-0.2, -0.15) is 0 Å². The molecule has 0 aliphatic carbocycles. The van der Waals surface area contributed by atoms with E-state index in [0.29, 0.717) is 6.54 Å². The Morgan fingerprint density at radius 2 is 1.78 bits per heavy atom. The van der Waals surface area contributed by atoms with Gasteiger partial charge in [0.05, 0.1) is 5.69 Å². The molecule has 1 aliphatic heterocycles. The highest BCUT2D eigenvalue weighted by Crippen LogP contribution is 2.16. The second-order valence-electron chi connectivity index (χ2n) is 5.66. The van der Waals surface area contributed by atoms with E-state index in [2.05, 4.69) is 32.1 Å². The first-order valence-electron chi connectivity index (χ1n) is 7.55. The Hall–Kier alpha value is -2.28. The van der Waals surface area contributed by atoms with E-state index in [1.807, 2.05) is 0 Å². The number of hydrogen-bond donors (Lipinski definition) is 1. The summed E-state index contributed by atoms with van der Waals surface area (Å²) in [4.78, 5) is 13.2. The third-order valence-electron chi connectivity index (χ3n) is 3.89. The standard InChI is InChI=1S/C16H19F2N5/c1-22-4-6-23(7-5-22)16-20-10-12(11-21-16)9-19-15-3-2-13(17)8-14(15)18/h2-3,8,10-11,19H,4-7,9H2,1H3. The van der Waals surface area contributed by atoms with Gasteiger partial charge in [-0.25, -0.2) is 18.7 Å². The van der Waals surface area contributed by atoms with Crippen molar-refractivity contribution in [1.82, 2.24) is 14.9 Å². The van der Waals surface area contributed by atoms with Crippen LogP contribution < -0.4 is 10.2 Å². The van der Waals surface area contributed by atoms with Crippen LogP contribution in [0.1, 0.15) is 5.56 Å². The van der Waals surface area contributed by atoms with Crippen LogP contribution in [0, 0.1) is 11.6 Å². The van der Waals surface area contributed by atoms with Crippen molar-refractivity contribution in [2.75, 3.05) is 43.4 Å². The maximum atomic E-state index is 13.5. The van der Waals surface area contributed by atoms with Gasteiger partial charge in [-0.05, 0) is 19.2 Å². The molecular weight excluding hydrogens is 300 g/mol. The number of aromatic nitrogens is 2. The van der Waals surface area contributed by atoms with Crippen molar-refractivity contribution >= 4 is 11.6 Å². The molecule has 0 atom stereocenters. The first-order valence-corrected chi connectivity index (χ1v) is 7.55. The minimum atomic E-state index is -0.611. The molecule has 1 N–H and O–H groups in total. The summed E-state index contributed by atoms with van der Waals surface area (Å²) in [5.74, 6) is -0.484. The van der Waals surface area contributed by atoms with E-state index in [9.17, 15) is 8.78 Å². The topological polar surface area (TPSA) is 44.3 Å². The zero-order valence-electron chi connectivity index (χ0n) is 13.0. The van der Waals surface area contributed by atoms with E-state index < -0.39 is 11.6 Å². The largest absolute Gasteiger partial charge is 0.378 e. The third kappa shape index (κ3) is 3.92. The molecule has 0 spiro atoms. The molecule has 3 rings (SSSR count). The van der Waals surface area contributed by atoms with Crippen LogP contribution >= 0.6 is 0 Å². The van der Waals surface area contributed by atoms with Gasteiger partial charge in [0.25, 0.3) is 0 Å². The molecule has 122 valence electrons. The fourth-order valence-corrected chi connectivity index (χ4v) is 2.44. The molecule has 0 saturated carbocycles. The number of rotatable bonds is 4. The van der Waals surface area contributed by atoms with Crippen LogP contribution in [-0.2, 0) is 6.54 Å². The lowest BCUT2D eigenvalue weighted by Crippen LogP contribution is -2.45. The van der Waals surface area contributed by atoms with Crippen LogP contribution in [0.2, 0.25) is 0 Å². The van der Waals surface area contributed by atoms with E-state index >= 15 is 0 Å². The Kier molecular flexibility index (Phi) is 4.66. The zero-order chi connectivity index (χ0) is 16.2. The number of benzene rings is 1. The highest BCUT2D eigenvalue weighted by molar-refractivity contribution is 5.45. The summed E-state index contributed by atoms with van der Waals surface area (Å²) in [6.45, 7) is 4.20. The number of likely N-dealkylation sites (N-methyl/N-ethyl adjacent to an activating group) is 1. The van der Waals surface area contributed by atoms with Gasteiger partial charge in [0.1, 0.15) is 11.6 Å². The normalized spacial score (nSPS) is 15.7. The molecule has 5 nitrogen and oxygen atoms in total. The lowest BCUT2D eigenvalue weighted by atomic mass is 10.2. The fourth-order valence-electron chi connectivity index (χ4n) is 2.44. The minimum absolute atomic E-state index is 0.259. The van der Waals surface area contributed by atoms with Crippen molar-refractivity contribution in [3.63, 3.8) is 0 Å². The summed E-state index contributed by atoms with van der Waals surface area (Å²) < 4.78 is 26.4. The molecule has 2 heterocycles. The Balaban J connectivity index is 1.59. The van der Waals surface area contributed by atoms with Gasteiger partial charge >= 0.3 is 0 Å². The number of anilines is 2. The van der Waals surface area contributed by atoms with Crippen molar-refractivity contribution in [3.05, 3.63) is 47.8 Å².